The van der Waals surface area contributed by atoms with Gasteiger partial charge in [-0.05, 0) is 17.7 Å². The number of guanidine groups is 1. The van der Waals surface area contributed by atoms with Crippen LogP contribution in [0.3, 0.4) is 0 Å². The molecule has 0 saturated heterocycles. The summed E-state index contributed by atoms with van der Waals surface area (Å²) in [5.74, 6) is -0.188. The minimum atomic E-state index is -3.79. The molecule has 26 heavy (non-hydrogen) atoms. The topological polar surface area (TPSA) is 94.4 Å². The smallest absolute Gasteiger partial charge is 0.287 e. The van der Waals surface area contributed by atoms with E-state index in [0.29, 0.717) is 12.2 Å². The van der Waals surface area contributed by atoms with Crippen LogP contribution in [0, 0.1) is 0 Å². The molecule has 4 rings (SSSR count). The number of sulfonamides is 1. The SMILES string of the molecule is O=C(CN1C=NC2=NS(=O)(=O)c3ccccc3N21)NCc1ccccc1. The number of hydrogen-bond donors (Lipinski definition) is 1. The first-order chi connectivity index (χ1) is 12.5. The summed E-state index contributed by atoms with van der Waals surface area (Å²) in [6.07, 6.45) is 1.40. The maximum Gasteiger partial charge on any atom is 0.287 e. The standard InChI is InChI=1S/C17H15N5O3S/c23-16(18-10-13-6-2-1-3-7-13)11-21-12-19-17-20-26(24,25)15-9-5-4-8-14(15)22(17)21/h1-9,12H,10-11H2,(H,18,23). The van der Waals surface area contributed by atoms with Crippen molar-refractivity contribution >= 4 is 33.9 Å². The summed E-state index contributed by atoms with van der Waals surface area (Å²) in [5, 5.41) is 5.90. The van der Waals surface area contributed by atoms with Gasteiger partial charge in [0.1, 0.15) is 17.8 Å². The summed E-state index contributed by atoms with van der Waals surface area (Å²) in [5.41, 5.74) is 1.42. The molecule has 2 heterocycles. The highest BCUT2D eigenvalue weighted by Crippen LogP contribution is 2.33. The molecular weight excluding hydrogens is 354 g/mol. The van der Waals surface area contributed by atoms with Gasteiger partial charge in [0.2, 0.25) is 5.91 Å². The zero-order valence-electron chi connectivity index (χ0n) is 13.6. The second-order valence-electron chi connectivity index (χ2n) is 5.75. The fraction of sp³-hybridized carbons (Fsp3) is 0.118. The van der Waals surface area contributed by atoms with Gasteiger partial charge >= 0.3 is 0 Å². The largest absolute Gasteiger partial charge is 0.350 e. The van der Waals surface area contributed by atoms with Crippen molar-refractivity contribution in [2.75, 3.05) is 11.6 Å². The fourth-order valence-corrected chi connectivity index (χ4v) is 3.87. The summed E-state index contributed by atoms with van der Waals surface area (Å²) in [4.78, 5) is 16.4. The van der Waals surface area contributed by atoms with Crippen LogP contribution in [0.1, 0.15) is 5.56 Å². The number of para-hydroxylation sites is 1. The average molecular weight is 369 g/mol. The lowest BCUT2D eigenvalue weighted by molar-refractivity contribution is -0.121. The summed E-state index contributed by atoms with van der Waals surface area (Å²) in [6.45, 7) is 0.403. The Hall–Kier alpha value is -3.20. The highest BCUT2D eigenvalue weighted by molar-refractivity contribution is 7.90. The predicted molar refractivity (Wildman–Crippen MR) is 97.0 cm³/mol. The van der Waals surface area contributed by atoms with Crippen molar-refractivity contribution in [2.45, 2.75) is 11.4 Å². The number of aliphatic imine (C=N–C) groups is 1. The van der Waals surface area contributed by atoms with Gasteiger partial charge in [0.25, 0.3) is 16.0 Å². The summed E-state index contributed by atoms with van der Waals surface area (Å²) in [6, 6.07) is 16.1. The van der Waals surface area contributed by atoms with Crippen LogP contribution in [0.5, 0.6) is 0 Å². The van der Waals surface area contributed by atoms with Crippen LogP contribution in [0.15, 0.2) is 68.9 Å². The first kappa shape index (κ1) is 16.3. The van der Waals surface area contributed by atoms with Gasteiger partial charge in [-0.25, -0.2) is 5.01 Å². The first-order valence-corrected chi connectivity index (χ1v) is 9.34. The van der Waals surface area contributed by atoms with Gasteiger partial charge in [0, 0.05) is 6.54 Å². The molecule has 1 amide bonds. The zero-order valence-corrected chi connectivity index (χ0v) is 14.4. The average Bonchev–Trinajstić information content (AvgIpc) is 3.02. The number of hydrogen-bond acceptors (Lipinski definition) is 6. The van der Waals surface area contributed by atoms with E-state index in [-0.39, 0.29) is 23.3 Å². The number of nitrogens with zero attached hydrogens (tertiary/aromatic N) is 4. The molecule has 0 radical (unpaired) electrons. The van der Waals surface area contributed by atoms with Crippen LogP contribution in [0.2, 0.25) is 0 Å². The molecule has 1 N–H and O–H groups in total. The van der Waals surface area contributed by atoms with Crippen molar-refractivity contribution in [1.82, 2.24) is 10.3 Å². The highest BCUT2D eigenvalue weighted by Gasteiger charge is 2.36. The van der Waals surface area contributed by atoms with Crippen LogP contribution >= 0.6 is 0 Å². The summed E-state index contributed by atoms with van der Waals surface area (Å²) < 4.78 is 28.1. The molecule has 0 bridgehead atoms. The van der Waals surface area contributed by atoms with E-state index in [2.05, 4.69) is 14.7 Å². The number of carbonyl (C=O) groups excluding carboxylic acids is 1. The van der Waals surface area contributed by atoms with Crippen LogP contribution < -0.4 is 10.3 Å². The molecule has 0 unspecified atom stereocenters. The lowest BCUT2D eigenvalue weighted by atomic mass is 10.2. The molecule has 2 aromatic rings. The molecule has 132 valence electrons. The third-order valence-corrected chi connectivity index (χ3v) is 5.27. The zero-order chi connectivity index (χ0) is 18.1. The minimum Gasteiger partial charge on any atom is -0.350 e. The van der Waals surface area contributed by atoms with Gasteiger partial charge in [-0.2, -0.15) is 13.4 Å². The third-order valence-electron chi connectivity index (χ3n) is 3.96. The Bertz CT molecular complexity index is 1020. The number of anilines is 1. The van der Waals surface area contributed by atoms with Crippen LogP contribution in [0.25, 0.3) is 0 Å². The number of fused-ring (bicyclic) bond motifs is 3. The lowest BCUT2D eigenvalue weighted by Gasteiger charge is -2.31. The van der Waals surface area contributed by atoms with Gasteiger partial charge in [-0.3, -0.25) is 9.80 Å². The number of carbonyl (C=O) groups is 1. The number of amides is 1. The Morgan fingerprint density at radius 3 is 2.58 bits per heavy atom. The fourth-order valence-electron chi connectivity index (χ4n) is 2.77. The minimum absolute atomic E-state index is 0.0102. The molecule has 8 nitrogen and oxygen atoms in total. The number of rotatable bonds is 4. The van der Waals surface area contributed by atoms with E-state index in [1.165, 1.54) is 22.4 Å². The van der Waals surface area contributed by atoms with Crippen molar-refractivity contribution in [1.29, 1.82) is 0 Å². The molecule has 0 aromatic heterocycles. The number of benzene rings is 2. The maximum atomic E-state index is 12.3. The van der Waals surface area contributed by atoms with Crippen molar-refractivity contribution in [3.8, 4) is 0 Å². The lowest BCUT2D eigenvalue weighted by Crippen LogP contribution is -2.47. The van der Waals surface area contributed by atoms with E-state index in [0.717, 1.165) is 5.56 Å². The normalized spacial score (nSPS) is 16.7. The van der Waals surface area contributed by atoms with E-state index in [4.69, 9.17) is 0 Å². The molecule has 2 aliphatic rings. The molecule has 2 aliphatic heterocycles. The van der Waals surface area contributed by atoms with Gasteiger partial charge in [-0.1, -0.05) is 42.5 Å². The molecule has 0 fully saturated rings. The van der Waals surface area contributed by atoms with Crippen LogP contribution in [-0.4, -0.2) is 38.2 Å². The Balaban J connectivity index is 1.51. The van der Waals surface area contributed by atoms with E-state index in [1.54, 1.807) is 18.2 Å². The van der Waals surface area contributed by atoms with E-state index in [1.807, 2.05) is 30.3 Å². The second-order valence-corrected chi connectivity index (χ2v) is 7.32. The first-order valence-electron chi connectivity index (χ1n) is 7.90. The Morgan fingerprint density at radius 1 is 1.04 bits per heavy atom. The Morgan fingerprint density at radius 2 is 1.77 bits per heavy atom. The summed E-state index contributed by atoms with van der Waals surface area (Å²) in [7, 11) is -3.79. The maximum absolute atomic E-state index is 12.3. The van der Waals surface area contributed by atoms with Crippen LogP contribution in [-0.2, 0) is 21.4 Å². The molecule has 2 aromatic carbocycles. The van der Waals surface area contributed by atoms with Crippen LogP contribution in [0.4, 0.5) is 5.69 Å². The van der Waals surface area contributed by atoms with E-state index in [9.17, 15) is 13.2 Å². The van der Waals surface area contributed by atoms with Gasteiger partial charge < -0.3 is 5.32 Å². The molecule has 0 aliphatic carbocycles. The van der Waals surface area contributed by atoms with Gasteiger partial charge in [0.15, 0.2) is 0 Å². The van der Waals surface area contributed by atoms with Crippen molar-refractivity contribution in [3.05, 3.63) is 60.2 Å². The third kappa shape index (κ3) is 2.93. The molecular formula is C17H15N5O3S. The summed E-state index contributed by atoms with van der Waals surface area (Å²) >= 11 is 0. The highest BCUT2D eigenvalue weighted by atomic mass is 32.2. The van der Waals surface area contributed by atoms with Crippen molar-refractivity contribution < 1.29 is 13.2 Å². The molecule has 9 heteroatoms. The van der Waals surface area contributed by atoms with Crippen molar-refractivity contribution in [2.24, 2.45) is 9.39 Å². The molecule has 0 spiro atoms. The van der Waals surface area contributed by atoms with Crippen molar-refractivity contribution in [3.63, 3.8) is 0 Å². The molecule has 0 atom stereocenters. The van der Waals surface area contributed by atoms with E-state index < -0.39 is 10.0 Å². The Labute approximate surface area is 150 Å². The van der Waals surface area contributed by atoms with E-state index >= 15 is 0 Å². The van der Waals surface area contributed by atoms with Gasteiger partial charge in [0.05, 0.1) is 5.69 Å². The predicted octanol–water partition coefficient (Wildman–Crippen LogP) is 1.13. The number of hydrazine groups is 1. The monoisotopic (exact) mass is 369 g/mol. The second kappa shape index (κ2) is 6.26. The van der Waals surface area contributed by atoms with Gasteiger partial charge in [-0.15, -0.1) is 4.40 Å². The number of nitrogens with one attached hydrogen (secondary N) is 1. The molecule has 0 saturated carbocycles. The quantitative estimate of drug-likeness (QED) is 0.872. The Kier molecular flexibility index (Phi) is 3.92.